The number of nitrogen functional groups attached to an aromatic ring is 2. The van der Waals surface area contributed by atoms with Crippen LogP contribution in [-0.2, 0) is 0 Å². The molecule has 0 heterocycles. The third-order valence-corrected chi connectivity index (χ3v) is 3.70. The van der Waals surface area contributed by atoms with Gasteiger partial charge in [-0.25, -0.2) is 0 Å². The minimum Gasteiger partial charge on any atom is -0.399 e. The molecule has 2 rings (SSSR count). The van der Waals surface area contributed by atoms with Gasteiger partial charge in [0.25, 0.3) is 0 Å². The van der Waals surface area contributed by atoms with Crippen LogP contribution in [0.15, 0.2) is 36.4 Å². The van der Waals surface area contributed by atoms with E-state index in [0.29, 0.717) is 11.8 Å². The van der Waals surface area contributed by atoms with Crippen molar-refractivity contribution in [2.24, 2.45) is 0 Å². The van der Waals surface area contributed by atoms with E-state index < -0.39 is 0 Å². The number of nitrogens with two attached hydrogens (primary N) is 2. The molecule has 114 valence electrons. The highest BCUT2D eigenvalue weighted by molar-refractivity contribution is 5.74. The van der Waals surface area contributed by atoms with Gasteiger partial charge in [-0.3, -0.25) is 0 Å². The Kier molecular flexibility index (Phi) is 5.42. The van der Waals surface area contributed by atoms with Gasteiger partial charge < -0.3 is 11.5 Å². The molecule has 0 atom stereocenters. The first-order valence-corrected chi connectivity index (χ1v) is 7.20. The predicted octanol–water partition coefficient (Wildman–Crippen LogP) is 5.40. The first-order chi connectivity index (χ1) is 9.41. The lowest BCUT2D eigenvalue weighted by Crippen LogP contribution is -2.06. The van der Waals surface area contributed by atoms with Gasteiger partial charge in [0.05, 0.1) is 0 Å². The van der Waals surface area contributed by atoms with Crippen molar-refractivity contribution in [3.05, 3.63) is 47.5 Å². The van der Waals surface area contributed by atoms with Crippen LogP contribution in [0.1, 0.15) is 58.1 Å². The molecular weight excluding hydrogens is 256 g/mol. The summed E-state index contributed by atoms with van der Waals surface area (Å²) in [6.07, 6.45) is 0. The van der Waals surface area contributed by atoms with E-state index in [9.17, 15) is 0 Å². The van der Waals surface area contributed by atoms with E-state index in [1.54, 1.807) is 0 Å². The molecule has 0 spiro atoms. The molecule has 0 saturated heterocycles. The molecule has 0 saturated carbocycles. The van der Waals surface area contributed by atoms with Gasteiger partial charge in [-0.05, 0) is 52.3 Å². The van der Waals surface area contributed by atoms with Crippen LogP contribution in [0.2, 0.25) is 0 Å². The van der Waals surface area contributed by atoms with Crippen LogP contribution in [0.3, 0.4) is 0 Å². The van der Waals surface area contributed by atoms with Gasteiger partial charge in [0.2, 0.25) is 0 Å². The summed E-state index contributed by atoms with van der Waals surface area (Å²) < 4.78 is 0. The molecule has 0 fully saturated rings. The Bertz CT molecular complexity index is 596. The molecule has 0 bridgehead atoms. The zero-order valence-corrected chi connectivity index (χ0v) is 12.8. The summed E-state index contributed by atoms with van der Waals surface area (Å²) in [7, 11) is 0. The highest BCUT2D eigenvalue weighted by Gasteiger charge is 2.18. The molecule has 21 heavy (non-hydrogen) atoms. The van der Waals surface area contributed by atoms with Gasteiger partial charge in [-0.2, -0.15) is 0 Å². The average molecular weight is 284 g/mol. The number of anilines is 2. The molecular formula is C19H28N2. The van der Waals surface area contributed by atoms with E-state index in [4.69, 9.17) is 11.5 Å². The highest BCUT2D eigenvalue weighted by Crippen LogP contribution is 2.38. The first-order valence-electron chi connectivity index (χ1n) is 7.20. The Morgan fingerprint density at radius 1 is 0.714 bits per heavy atom. The Hall–Kier alpha value is -1.96. The van der Waals surface area contributed by atoms with Crippen molar-refractivity contribution in [1.29, 1.82) is 0 Å². The zero-order valence-electron chi connectivity index (χ0n) is 12.8. The Morgan fingerprint density at radius 3 is 1.71 bits per heavy atom. The minimum atomic E-state index is 0. The fourth-order valence-electron chi connectivity index (χ4n) is 2.83. The summed E-state index contributed by atoms with van der Waals surface area (Å²) in [6.45, 7) is 8.84. The average Bonchev–Trinajstić information content (AvgIpc) is 2.39. The quantitative estimate of drug-likeness (QED) is 0.741. The normalized spacial score (nSPS) is 10.8. The molecule has 0 aliphatic carbocycles. The standard InChI is InChI=1S/C18H24N2.CH4/c1-11(2)17-15(13-5-7-14(19)8-6-13)9-10-16(20)18(17)12(3)4;/h5-12H,19-20H2,1-4H3;1H4. The molecule has 2 aromatic rings. The third kappa shape index (κ3) is 3.38. The molecule has 0 aliphatic heterocycles. The van der Waals surface area contributed by atoms with Crippen LogP contribution in [0, 0.1) is 0 Å². The summed E-state index contributed by atoms with van der Waals surface area (Å²) in [5, 5.41) is 0. The largest absolute Gasteiger partial charge is 0.399 e. The molecule has 0 aliphatic rings. The van der Waals surface area contributed by atoms with Gasteiger partial charge in [0.1, 0.15) is 0 Å². The van der Waals surface area contributed by atoms with Crippen molar-refractivity contribution in [3.63, 3.8) is 0 Å². The fourth-order valence-corrected chi connectivity index (χ4v) is 2.83. The van der Waals surface area contributed by atoms with Gasteiger partial charge in [0.15, 0.2) is 0 Å². The molecule has 2 nitrogen and oxygen atoms in total. The van der Waals surface area contributed by atoms with Crippen molar-refractivity contribution < 1.29 is 0 Å². The van der Waals surface area contributed by atoms with Crippen molar-refractivity contribution >= 4 is 11.4 Å². The fraction of sp³-hybridized carbons (Fsp3) is 0.368. The molecule has 4 N–H and O–H groups in total. The summed E-state index contributed by atoms with van der Waals surface area (Å²) in [5.41, 5.74) is 18.8. The van der Waals surface area contributed by atoms with Crippen LogP contribution >= 0.6 is 0 Å². The van der Waals surface area contributed by atoms with Crippen LogP contribution in [0.4, 0.5) is 11.4 Å². The van der Waals surface area contributed by atoms with E-state index >= 15 is 0 Å². The first kappa shape index (κ1) is 17.1. The smallest absolute Gasteiger partial charge is 0.0352 e. The monoisotopic (exact) mass is 284 g/mol. The van der Waals surface area contributed by atoms with Crippen molar-refractivity contribution in [1.82, 2.24) is 0 Å². The van der Waals surface area contributed by atoms with Gasteiger partial charge in [-0.15, -0.1) is 0 Å². The van der Waals surface area contributed by atoms with Crippen molar-refractivity contribution in [2.75, 3.05) is 11.5 Å². The second kappa shape index (κ2) is 6.66. The Labute approximate surface area is 129 Å². The van der Waals surface area contributed by atoms with Crippen LogP contribution in [0.5, 0.6) is 0 Å². The van der Waals surface area contributed by atoms with Crippen molar-refractivity contribution in [3.8, 4) is 11.1 Å². The zero-order chi connectivity index (χ0) is 14.9. The topological polar surface area (TPSA) is 52.0 Å². The maximum atomic E-state index is 6.21. The number of rotatable bonds is 3. The van der Waals surface area contributed by atoms with E-state index in [2.05, 4.69) is 45.9 Å². The molecule has 0 radical (unpaired) electrons. The second-order valence-electron chi connectivity index (χ2n) is 5.96. The third-order valence-electron chi connectivity index (χ3n) is 3.70. The van der Waals surface area contributed by atoms with E-state index in [1.165, 1.54) is 22.3 Å². The Morgan fingerprint density at radius 2 is 1.24 bits per heavy atom. The summed E-state index contributed by atoms with van der Waals surface area (Å²) in [6, 6.07) is 12.2. The molecule has 0 aromatic heterocycles. The van der Waals surface area contributed by atoms with Gasteiger partial charge in [0, 0.05) is 11.4 Å². The highest BCUT2D eigenvalue weighted by atomic mass is 14.6. The number of benzene rings is 2. The minimum absolute atomic E-state index is 0. The van der Waals surface area contributed by atoms with Crippen molar-refractivity contribution in [2.45, 2.75) is 47.0 Å². The molecule has 0 unspecified atom stereocenters. The second-order valence-corrected chi connectivity index (χ2v) is 5.96. The van der Waals surface area contributed by atoms with Crippen LogP contribution in [-0.4, -0.2) is 0 Å². The Balaban J connectivity index is 0.00000220. The van der Waals surface area contributed by atoms with E-state index in [-0.39, 0.29) is 7.43 Å². The molecule has 0 amide bonds. The maximum absolute atomic E-state index is 6.21. The maximum Gasteiger partial charge on any atom is 0.0352 e. The summed E-state index contributed by atoms with van der Waals surface area (Å²) in [4.78, 5) is 0. The lowest BCUT2D eigenvalue weighted by Gasteiger charge is -2.22. The number of hydrogen-bond donors (Lipinski definition) is 2. The summed E-state index contributed by atoms with van der Waals surface area (Å²) >= 11 is 0. The van der Waals surface area contributed by atoms with Gasteiger partial charge in [-0.1, -0.05) is 53.3 Å². The van der Waals surface area contributed by atoms with Gasteiger partial charge >= 0.3 is 0 Å². The van der Waals surface area contributed by atoms with E-state index in [0.717, 1.165) is 11.4 Å². The molecule has 2 heteroatoms. The van der Waals surface area contributed by atoms with Crippen LogP contribution in [0.25, 0.3) is 11.1 Å². The number of hydrogen-bond acceptors (Lipinski definition) is 2. The lowest BCUT2D eigenvalue weighted by atomic mass is 9.83. The lowest BCUT2D eigenvalue weighted by molar-refractivity contribution is 0.795. The SMILES string of the molecule is C.CC(C)c1c(N)ccc(-c2ccc(N)cc2)c1C(C)C. The molecule has 2 aromatic carbocycles. The predicted molar refractivity (Wildman–Crippen MR) is 95.6 cm³/mol. The van der Waals surface area contributed by atoms with E-state index in [1.807, 2.05) is 18.2 Å². The van der Waals surface area contributed by atoms with Crippen LogP contribution < -0.4 is 11.5 Å². The summed E-state index contributed by atoms with van der Waals surface area (Å²) in [5.74, 6) is 0.851.